The summed E-state index contributed by atoms with van der Waals surface area (Å²) in [6.45, 7) is 39.9. The minimum Gasteiger partial charge on any atom is -0.444 e. The minimum absolute atomic E-state index is 0.00831. The van der Waals surface area contributed by atoms with Crippen molar-refractivity contribution in [1.82, 2.24) is 21.3 Å². The van der Waals surface area contributed by atoms with Crippen LogP contribution in [0.25, 0.3) is 0 Å². The number of hydrogen-bond donors (Lipinski definition) is 6. The van der Waals surface area contributed by atoms with E-state index in [1.807, 2.05) is 0 Å². The fraction of sp³-hybridized carbons (Fsp3) is 0.848. The van der Waals surface area contributed by atoms with Gasteiger partial charge in [-0.2, -0.15) is 0 Å². The molecule has 0 aliphatic heterocycles. The summed E-state index contributed by atoms with van der Waals surface area (Å²) in [6.07, 6.45) is 0.811. The van der Waals surface area contributed by atoms with Crippen molar-refractivity contribution in [3.63, 3.8) is 0 Å². The Morgan fingerprint density at radius 3 is 0.800 bits per heavy atom. The predicted molar refractivity (Wildman–Crippen MR) is 493 cm³/mol. The molecule has 1 rings (SSSR count). The molecule has 1 aromatic rings. The fourth-order valence-corrected chi connectivity index (χ4v) is 10.4. The van der Waals surface area contributed by atoms with Gasteiger partial charge in [-0.05, 0) is 62.6 Å². The Labute approximate surface area is 800 Å². The van der Waals surface area contributed by atoms with Gasteiger partial charge in [0, 0.05) is 50.9 Å². The molecular formula is C92H167N5O38. The molecule has 0 fully saturated rings. The zero-order chi connectivity index (χ0) is 98.0. The number of benzene rings is 1. The number of hydrogen-bond acceptors (Lipinski definition) is 38. The quantitative estimate of drug-likeness (QED) is 0.0236. The van der Waals surface area contributed by atoms with E-state index in [1.54, 1.807) is 39.0 Å². The van der Waals surface area contributed by atoms with Crippen molar-refractivity contribution in [3.05, 3.63) is 23.8 Å². The summed E-state index contributed by atoms with van der Waals surface area (Å²) in [5.74, 6) is 2.57. The van der Waals surface area contributed by atoms with Gasteiger partial charge in [0.15, 0.2) is 5.75 Å². The summed E-state index contributed by atoms with van der Waals surface area (Å²) < 4.78 is 170. The molecule has 0 aromatic heterocycles. The number of esters is 1. The highest BCUT2D eigenvalue weighted by atomic mass is 16.6. The molecule has 43 nitrogen and oxygen atoms in total. The van der Waals surface area contributed by atoms with Gasteiger partial charge in [-0.15, -0.1) is 0 Å². The summed E-state index contributed by atoms with van der Waals surface area (Å²) in [5, 5.41) is 22.4. The third-order valence-electron chi connectivity index (χ3n) is 17.7. The average molecular weight is 1950 g/mol. The molecule has 0 heterocycles. The van der Waals surface area contributed by atoms with Gasteiger partial charge in [-0.3, -0.25) is 24.0 Å². The molecule has 0 spiro atoms. The zero-order valence-corrected chi connectivity index (χ0v) is 82.1. The van der Waals surface area contributed by atoms with E-state index in [2.05, 4.69) is 66.1 Å². The maximum atomic E-state index is 13.0. The minimum atomic E-state index is -0.668. The van der Waals surface area contributed by atoms with Crippen molar-refractivity contribution in [2.75, 3.05) is 415 Å². The van der Waals surface area contributed by atoms with Gasteiger partial charge in [0.05, 0.1) is 402 Å². The van der Waals surface area contributed by atoms with Crippen molar-refractivity contribution in [3.8, 4) is 17.6 Å². The van der Waals surface area contributed by atoms with Gasteiger partial charge in [0.25, 0.3) is 11.8 Å². The van der Waals surface area contributed by atoms with Crippen molar-refractivity contribution in [1.29, 1.82) is 0 Å². The Bertz CT molecular complexity index is 2940. The molecule has 0 saturated carbocycles. The van der Waals surface area contributed by atoms with Crippen molar-refractivity contribution in [2.24, 2.45) is 11.3 Å². The van der Waals surface area contributed by atoms with Crippen LogP contribution >= 0.6 is 0 Å². The maximum Gasteiger partial charge on any atom is 0.407 e. The van der Waals surface area contributed by atoms with Crippen molar-refractivity contribution < 1.29 is 181 Å². The van der Waals surface area contributed by atoms with Gasteiger partial charge in [-0.1, -0.05) is 33.8 Å². The number of aliphatic hydroxyl groups is 1. The van der Waals surface area contributed by atoms with E-state index in [1.165, 1.54) is 6.92 Å². The van der Waals surface area contributed by atoms with Crippen LogP contribution in [-0.2, 0) is 172 Å². The number of rotatable bonds is 102. The molecule has 788 valence electrons. The Morgan fingerprint density at radius 2 is 0.556 bits per heavy atom. The average Bonchev–Trinajstić information content (AvgIpc) is 0.835. The number of nitrogens with one attached hydrogen (secondary N) is 5. The number of anilines is 1. The Morgan fingerprint density at radius 1 is 0.319 bits per heavy atom. The maximum absolute atomic E-state index is 13.0. The third kappa shape index (κ3) is 95.5. The smallest absolute Gasteiger partial charge is 0.407 e. The highest BCUT2D eigenvalue weighted by Gasteiger charge is 2.27. The van der Waals surface area contributed by atoms with Crippen LogP contribution in [0.1, 0.15) is 80.2 Å². The SMILES string of the molecule is CC(=O)Oc1ccc(C[C@@H](CC(C)C(C)(C)C)NC(=O)OC(C)(C)C)cc1NC(=O)CCOCCOCCOCCNC(=O)C#CC(=O)NCCOCCOCCOCCC(=O)NCCOCCOCCOCCOCCOCCOCCOCCOCCOCCOCCOCCOCCOCCOCCOCCOCCOCCOCCOCCOCCOCCOCCOCCO. The van der Waals surface area contributed by atoms with E-state index in [4.69, 9.17) is 152 Å². The summed E-state index contributed by atoms with van der Waals surface area (Å²) in [4.78, 5) is 73.9. The van der Waals surface area contributed by atoms with Crippen LogP contribution in [0.15, 0.2) is 18.2 Å². The van der Waals surface area contributed by atoms with Crippen LogP contribution in [-0.4, -0.2) is 462 Å². The number of ether oxygens (including phenoxy) is 31. The molecule has 1 aromatic carbocycles. The second-order valence-electron chi connectivity index (χ2n) is 31.1. The molecule has 0 radical (unpaired) electrons. The van der Waals surface area contributed by atoms with E-state index in [0.29, 0.717) is 349 Å². The largest absolute Gasteiger partial charge is 0.444 e. The molecule has 0 aliphatic carbocycles. The van der Waals surface area contributed by atoms with Gasteiger partial charge < -0.3 is 179 Å². The van der Waals surface area contributed by atoms with Gasteiger partial charge in [0.2, 0.25) is 11.8 Å². The molecule has 0 bridgehead atoms. The lowest BCUT2D eigenvalue weighted by atomic mass is 9.78. The van der Waals surface area contributed by atoms with Gasteiger partial charge in [0.1, 0.15) is 5.60 Å². The number of aliphatic hydroxyl groups excluding tert-OH is 1. The van der Waals surface area contributed by atoms with Crippen LogP contribution in [0.5, 0.6) is 5.75 Å². The second kappa shape index (κ2) is 97.0. The van der Waals surface area contributed by atoms with Crippen LogP contribution in [0.4, 0.5) is 10.5 Å². The highest BCUT2D eigenvalue weighted by molar-refractivity contribution is 6.02. The number of carbonyl (C=O) groups excluding carboxylic acids is 6. The predicted octanol–water partition coefficient (Wildman–Crippen LogP) is 2.66. The topological polar surface area (TPSA) is 469 Å². The van der Waals surface area contributed by atoms with Crippen LogP contribution < -0.4 is 31.3 Å². The van der Waals surface area contributed by atoms with E-state index in [9.17, 15) is 28.8 Å². The first-order chi connectivity index (χ1) is 65.8. The van der Waals surface area contributed by atoms with Gasteiger partial charge in [-0.25, -0.2) is 4.79 Å². The van der Waals surface area contributed by atoms with E-state index in [0.717, 1.165) is 5.56 Å². The summed E-state index contributed by atoms with van der Waals surface area (Å²) in [5.41, 5.74) is 0.446. The highest BCUT2D eigenvalue weighted by Crippen LogP contribution is 2.32. The molecule has 43 heteroatoms. The molecule has 0 saturated heterocycles. The Kier molecular flexibility index (Phi) is 91.4. The Balaban J connectivity index is 1.76. The van der Waals surface area contributed by atoms with Crippen LogP contribution in [0.3, 0.4) is 0 Å². The lowest BCUT2D eigenvalue weighted by Crippen LogP contribution is -2.42. The number of alkyl carbamates (subject to hydrolysis) is 1. The van der Waals surface area contributed by atoms with E-state index >= 15 is 0 Å². The summed E-state index contributed by atoms with van der Waals surface area (Å²) >= 11 is 0. The van der Waals surface area contributed by atoms with Crippen LogP contribution in [0, 0.1) is 23.2 Å². The van der Waals surface area contributed by atoms with E-state index < -0.39 is 29.5 Å². The van der Waals surface area contributed by atoms with Crippen LogP contribution in [0.2, 0.25) is 0 Å². The first-order valence-corrected chi connectivity index (χ1v) is 47.1. The normalized spacial score (nSPS) is 12.1. The summed E-state index contributed by atoms with van der Waals surface area (Å²) in [6, 6.07) is 4.87. The third-order valence-corrected chi connectivity index (χ3v) is 17.7. The zero-order valence-electron chi connectivity index (χ0n) is 82.1. The summed E-state index contributed by atoms with van der Waals surface area (Å²) in [7, 11) is 0. The van der Waals surface area contributed by atoms with Crippen molar-refractivity contribution >= 4 is 41.4 Å². The molecule has 5 amide bonds. The molecule has 6 N–H and O–H groups in total. The number of amides is 5. The number of carbonyl (C=O) groups is 6. The monoisotopic (exact) mass is 1950 g/mol. The lowest BCUT2D eigenvalue weighted by molar-refractivity contribution is -0.132. The van der Waals surface area contributed by atoms with Gasteiger partial charge >= 0.3 is 12.1 Å². The molecular weight excluding hydrogens is 1780 g/mol. The Hall–Kier alpha value is -5.80. The second-order valence-corrected chi connectivity index (χ2v) is 31.1. The molecule has 1 unspecified atom stereocenters. The first kappa shape index (κ1) is 127. The lowest BCUT2D eigenvalue weighted by Gasteiger charge is -2.32. The molecule has 2 atom stereocenters. The van der Waals surface area contributed by atoms with E-state index in [-0.39, 0.29) is 127 Å². The fourth-order valence-electron chi connectivity index (χ4n) is 10.4. The standard InChI is InChI=1S/C92H167N5O38/c1-80(91(3,4)5)77-83(96-90(104)135-92(6,7)8)78-82-9-10-85(134-81(2)99)84(79-82)97-89(103)14-20-106-26-32-112-34-28-108-22-16-94-87(101)12-11-86(100)93-15-21-107-27-33-111-31-25-105-19-13-88(102)95-17-23-109-29-35-113-37-39-115-41-43-117-45-47-119-49-51-121-53-55-123-57-59-125-61-63-127-65-67-129-69-71-131-73-75-133-76-74-132-72-70-130-68-66-128-64-62-126-60-58-124-56-54-122-52-50-120-48-46-118-44-42-116-40-38-114-36-30-110-24-18-98/h9-10,79-80,83,98H,13-78H2,1-8H3,(H,93,100)(H,94,101)(H,95,102)(H,96,104)(H,97,103)/t80?,83-/m1/s1. The molecule has 0 aliphatic rings. The first-order valence-electron chi connectivity index (χ1n) is 47.1. The van der Waals surface area contributed by atoms with Crippen molar-refractivity contribution in [2.45, 2.75) is 92.7 Å². The molecule has 135 heavy (non-hydrogen) atoms.